The van der Waals surface area contributed by atoms with Crippen molar-refractivity contribution in [1.29, 1.82) is 0 Å². The van der Waals surface area contributed by atoms with E-state index in [1.54, 1.807) is 18.2 Å². The first-order valence-corrected chi connectivity index (χ1v) is 9.27. The average molecular weight is 440 g/mol. The molecule has 0 spiro atoms. The van der Waals surface area contributed by atoms with E-state index in [4.69, 9.17) is 37.9 Å². The lowest BCUT2D eigenvalue weighted by atomic mass is 10.1. The number of ether oxygens (including phenoxy) is 8. The molecule has 0 saturated carbocycles. The lowest BCUT2D eigenvalue weighted by molar-refractivity contribution is -0.148. The van der Waals surface area contributed by atoms with E-state index in [1.807, 2.05) is 0 Å². The van der Waals surface area contributed by atoms with Crippen molar-refractivity contribution in [3.8, 4) is 11.5 Å². The Balaban J connectivity index is 1.66. The van der Waals surface area contributed by atoms with Crippen LogP contribution < -0.4 is 20.1 Å². The summed E-state index contributed by atoms with van der Waals surface area (Å²) in [6, 6.07) is 7.89. The second kappa shape index (κ2) is 12.2. The molecular formula is C20H25FN2O8. The lowest BCUT2D eigenvalue weighted by Gasteiger charge is -2.25. The molecule has 1 heterocycles. The second-order valence-electron chi connectivity index (χ2n) is 6.17. The minimum Gasteiger partial charge on any atom is -0.463 e. The third-order valence-corrected chi connectivity index (χ3v) is 3.94. The van der Waals surface area contributed by atoms with Gasteiger partial charge in [-0.2, -0.15) is 0 Å². The number of halogens is 1. The highest BCUT2D eigenvalue weighted by molar-refractivity contribution is 5.91. The molecule has 0 saturated heterocycles. The maximum Gasteiger partial charge on any atom is 0.191 e. The number of anilines is 4. The van der Waals surface area contributed by atoms with Crippen LogP contribution in [0.25, 0.3) is 0 Å². The number of nitrogens with one attached hydrogen (secondary N) is 2. The Morgan fingerprint density at radius 1 is 0.613 bits per heavy atom. The molecule has 0 radical (unpaired) electrons. The Bertz CT molecular complexity index is 839. The van der Waals surface area contributed by atoms with Crippen molar-refractivity contribution in [2.24, 2.45) is 0 Å². The molecule has 2 N–H and O–H groups in total. The van der Waals surface area contributed by atoms with E-state index in [1.165, 1.54) is 26.4 Å². The molecule has 0 unspecified atom stereocenters. The average Bonchev–Trinajstić information content (AvgIpc) is 2.77. The highest BCUT2D eigenvalue weighted by atomic mass is 19.1. The Kier molecular flexibility index (Phi) is 9.09. The SMILES string of the molecule is COCOCOCOc1cc2c(cc1OCOCOCOC)Nc1cc(F)ccc1N2. The lowest BCUT2D eigenvalue weighted by Crippen LogP contribution is -2.12. The molecule has 170 valence electrons. The van der Waals surface area contributed by atoms with E-state index in [2.05, 4.69) is 10.6 Å². The molecule has 1 aliphatic rings. The minimum absolute atomic E-state index is 0.00137. The molecule has 2 aromatic carbocycles. The molecule has 2 aromatic rings. The van der Waals surface area contributed by atoms with Crippen LogP contribution in [0.15, 0.2) is 30.3 Å². The molecule has 0 atom stereocenters. The standard InChI is InChI=1S/C20H25FN2O8/c1-24-8-26-10-28-12-30-19-6-17-18(7-20(19)31-13-29-11-27-9-25-2)23-16-5-14(21)3-4-15(16)22-17/h3-7,22-23H,8-13H2,1-2H3. The van der Waals surface area contributed by atoms with Gasteiger partial charge in [-0.25, -0.2) is 4.39 Å². The Morgan fingerprint density at radius 2 is 1.10 bits per heavy atom. The quantitative estimate of drug-likeness (QED) is 0.286. The van der Waals surface area contributed by atoms with Crippen molar-refractivity contribution in [2.75, 3.05) is 65.6 Å². The summed E-state index contributed by atoms with van der Waals surface area (Å²) in [5.74, 6) is 0.457. The number of hydrogen-bond donors (Lipinski definition) is 2. The summed E-state index contributed by atoms with van der Waals surface area (Å²) in [5, 5.41) is 6.40. The van der Waals surface area contributed by atoms with E-state index in [0.29, 0.717) is 22.9 Å². The zero-order valence-electron chi connectivity index (χ0n) is 17.3. The second-order valence-corrected chi connectivity index (χ2v) is 6.17. The predicted octanol–water partition coefficient (Wildman–Crippen LogP) is 3.49. The summed E-state index contributed by atoms with van der Waals surface area (Å²) in [6.45, 7) is 0.0722. The number of benzene rings is 2. The van der Waals surface area contributed by atoms with Crippen LogP contribution in [0.1, 0.15) is 0 Å². The predicted molar refractivity (Wildman–Crippen MR) is 108 cm³/mol. The first kappa shape index (κ1) is 23.0. The smallest absolute Gasteiger partial charge is 0.191 e. The van der Waals surface area contributed by atoms with Crippen LogP contribution in [0.4, 0.5) is 27.1 Å². The van der Waals surface area contributed by atoms with Gasteiger partial charge in [0.25, 0.3) is 0 Å². The fourth-order valence-electron chi connectivity index (χ4n) is 2.64. The highest BCUT2D eigenvalue weighted by Gasteiger charge is 2.19. The third-order valence-electron chi connectivity index (χ3n) is 3.94. The van der Waals surface area contributed by atoms with Crippen LogP contribution in [-0.2, 0) is 28.4 Å². The number of fused-ring (bicyclic) bond motifs is 2. The van der Waals surface area contributed by atoms with Crippen molar-refractivity contribution in [2.45, 2.75) is 0 Å². The zero-order chi connectivity index (χ0) is 21.9. The molecule has 0 aromatic heterocycles. The molecule has 10 nitrogen and oxygen atoms in total. The molecule has 31 heavy (non-hydrogen) atoms. The van der Waals surface area contributed by atoms with Gasteiger partial charge < -0.3 is 48.5 Å². The van der Waals surface area contributed by atoms with Gasteiger partial charge in [0.2, 0.25) is 0 Å². The van der Waals surface area contributed by atoms with Crippen molar-refractivity contribution >= 4 is 22.7 Å². The zero-order valence-corrected chi connectivity index (χ0v) is 17.3. The van der Waals surface area contributed by atoms with E-state index >= 15 is 0 Å². The van der Waals surface area contributed by atoms with Crippen LogP contribution in [0.3, 0.4) is 0 Å². The molecule has 11 heteroatoms. The van der Waals surface area contributed by atoms with Gasteiger partial charge in [0, 0.05) is 26.4 Å². The normalized spacial score (nSPS) is 11.8. The summed E-state index contributed by atoms with van der Waals surface area (Å²) < 4.78 is 55.1. The summed E-state index contributed by atoms with van der Waals surface area (Å²) in [4.78, 5) is 0. The molecular weight excluding hydrogens is 415 g/mol. The van der Waals surface area contributed by atoms with Crippen LogP contribution >= 0.6 is 0 Å². The van der Waals surface area contributed by atoms with Gasteiger partial charge in [0.1, 0.15) is 19.4 Å². The molecule has 0 fully saturated rings. The van der Waals surface area contributed by atoms with Gasteiger partial charge in [-0.3, -0.25) is 0 Å². The van der Waals surface area contributed by atoms with Crippen molar-refractivity contribution in [3.05, 3.63) is 36.1 Å². The van der Waals surface area contributed by atoms with Crippen molar-refractivity contribution in [1.82, 2.24) is 0 Å². The Labute approximate surface area is 179 Å². The Morgan fingerprint density at radius 3 is 1.65 bits per heavy atom. The monoisotopic (exact) mass is 440 g/mol. The van der Waals surface area contributed by atoms with Gasteiger partial charge in [0.15, 0.2) is 38.7 Å². The number of hydrogen-bond acceptors (Lipinski definition) is 10. The van der Waals surface area contributed by atoms with E-state index in [9.17, 15) is 4.39 Å². The van der Waals surface area contributed by atoms with Gasteiger partial charge in [-0.1, -0.05) is 0 Å². The summed E-state index contributed by atoms with van der Waals surface area (Å²) >= 11 is 0. The number of rotatable bonds is 14. The van der Waals surface area contributed by atoms with Gasteiger partial charge >= 0.3 is 0 Å². The minimum atomic E-state index is -0.342. The highest BCUT2D eigenvalue weighted by Crippen LogP contribution is 2.44. The first-order valence-electron chi connectivity index (χ1n) is 9.27. The van der Waals surface area contributed by atoms with E-state index in [-0.39, 0.29) is 46.6 Å². The van der Waals surface area contributed by atoms with Gasteiger partial charge in [-0.05, 0) is 18.2 Å². The topological polar surface area (TPSA) is 97.9 Å². The molecule has 0 aliphatic carbocycles. The fraction of sp³-hybridized carbons (Fsp3) is 0.400. The summed E-state index contributed by atoms with van der Waals surface area (Å²) in [5.41, 5.74) is 2.74. The molecule has 0 bridgehead atoms. The van der Waals surface area contributed by atoms with E-state index in [0.717, 1.165) is 11.4 Å². The Hall–Kier alpha value is -2.67. The molecule has 3 rings (SSSR count). The first-order chi connectivity index (χ1) is 15.2. The van der Waals surface area contributed by atoms with Crippen LogP contribution in [-0.4, -0.2) is 55.0 Å². The van der Waals surface area contributed by atoms with Crippen molar-refractivity contribution < 1.29 is 42.3 Å². The van der Waals surface area contributed by atoms with Crippen LogP contribution in [0.5, 0.6) is 11.5 Å². The van der Waals surface area contributed by atoms with Gasteiger partial charge in [0.05, 0.1) is 22.7 Å². The molecule has 0 amide bonds. The third kappa shape index (κ3) is 6.92. The maximum absolute atomic E-state index is 13.6. The number of methoxy groups -OCH3 is 2. The fourth-order valence-corrected chi connectivity index (χ4v) is 2.64. The van der Waals surface area contributed by atoms with E-state index < -0.39 is 0 Å². The summed E-state index contributed by atoms with van der Waals surface area (Å²) in [6.07, 6.45) is 0. The molecule has 1 aliphatic heterocycles. The van der Waals surface area contributed by atoms with Gasteiger partial charge in [-0.15, -0.1) is 0 Å². The summed E-state index contributed by atoms with van der Waals surface area (Å²) in [7, 11) is 3.03. The van der Waals surface area contributed by atoms with Crippen LogP contribution in [0, 0.1) is 5.82 Å². The van der Waals surface area contributed by atoms with Crippen molar-refractivity contribution in [3.63, 3.8) is 0 Å². The maximum atomic E-state index is 13.6. The largest absolute Gasteiger partial charge is 0.463 e. The van der Waals surface area contributed by atoms with Crippen LogP contribution in [0.2, 0.25) is 0 Å².